The fraction of sp³-hybridized carbons (Fsp3) is 0.455. The molecule has 2 heterocycles. The van der Waals surface area contributed by atoms with Crippen LogP contribution in [0.4, 0.5) is 5.00 Å². The largest absolute Gasteiger partial charge is 0.462 e. The fourth-order valence-electron chi connectivity index (χ4n) is 3.99. The number of nitrogens with one attached hydrogen (secondary N) is 1. The molecule has 3 rings (SSSR count). The van der Waals surface area contributed by atoms with Gasteiger partial charge in [-0.2, -0.15) is 0 Å². The lowest BCUT2D eigenvalue weighted by Crippen LogP contribution is -2.44. The monoisotopic (exact) mass is 416 g/mol. The maximum atomic E-state index is 12.8. The van der Waals surface area contributed by atoms with Gasteiger partial charge in [0.25, 0.3) is 0 Å². The zero-order valence-electron chi connectivity index (χ0n) is 17.0. The predicted octanol–water partition coefficient (Wildman–Crippen LogP) is 5.57. The summed E-state index contributed by atoms with van der Waals surface area (Å²) in [6.45, 7) is 10.6. The van der Waals surface area contributed by atoms with Gasteiger partial charge in [0.2, 0.25) is 0 Å². The van der Waals surface area contributed by atoms with E-state index in [1.165, 1.54) is 6.42 Å². The molecule has 0 amide bonds. The average Bonchev–Trinajstić information content (AvgIpc) is 2.97. The van der Waals surface area contributed by atoms with E-state index in [0.29, 0.717) is 29.1 Å². The van der Waals surface area contributed by atoms with Crippen molar-refractivity contribution in [1.82, 2.24) is 4.90 Å². The predicted molar refractivity (Wildman–Crippen MR) is 121 cm³/mol. The van der Waals surface area contributed by atoms with Gasteiger partial charge in [-0.1, -0.05) is 44.2 Å². The van der Waals surface area contributed by atoms with Crippen molar-refractivity contribution < 1.29 is 9.53 Å². The van der Waals surface area contributed by atoms with E-state index in [1.54, 1.807) is 11.3 Å². The van der Waals surface area contributed by atoms with Crippen LogP contribution in [0.15, 0.2) is 30.3 Å². The van der Waals surface area contributed by atoms with Crippen LogP contribution in [0.2, 0.25) is 0 Å². The van der Waals surface area contributed by atoms with Gasteiger partial charge in [0.15, 0.2) is 5.11 Å². The molecule has 1 aliphatic heterocycles. The minimum absolute atomic E-state index is 0.309. The number of likely N-dealkylation sites (tertiary alicyclic amines) is 1. The Hall–Kier alpha value is -1.92. The molecular weight excluding hydrogens is 388 g/mol. The molecule has 1 aromatic carbocycles. The lowest BCUT2D eigenvalue weighted by molar-refractivity contribution is 0.0529. The summed E-state index contributed by atoms with van der Waals surface area (Å²) in [6.07, 6.45) is 1.23. The molecule has 0 radical (unpaired) electrons. The zero-order chi connectivity index (χ0) is 20.3. The molecule has 2 aromatic rings. The summed E-state index contributed by atoms with van der Waals surface area (Å²) in [7, 11) is 0. The summed E-state index contributed by atoms with van der Waals surface area (Å²) < 4.78 is 5.38. The number of anilines is 1. The SMILES string of the molecule is CCOC(=O)c1c(NC(=S)N2CC(C)CC(C)C2)sc(C)c1-c1ccccc1. The Morgan fingerprint density at radius 3 is 2.50 bits per heavy atom. The zero-order valence-corrected chi connectivity index (χ0v) is 18.6. The van der Waals surface area contributed by atoms with Crippen LogP contribution < -0.4 is 5.32 Å². The second-order valence-corrected chi connectivity index (χ2v) is 9.22. The number of hydrogen-bond donors (Lipinski definition) is 1. The highest BCUT2D eigenvalue weighted by atomic mass is 32.1. The molecule has 28 heavy (non-hydrogen) atoms. The number of esters is 1. The lowest BCUT2D eigenvalue weighted by atomic mass is 9.92. The summed E-state index contributed by atoms with van der Waals surface area (Å²) in [6, 6.07) is 9.98. The van der Waals surface area contributed by atoms with E-state index in [0.717, 1.165) is 34.1 Å². The Balaban J connectivity index is 1.94. The van der Waals surface area contributed by atoms with Gasteiger partial charge in [0, 0.05) is 23.5 Å². The number of hydrogen-bond acceptors (Lipinski definition) is 4. The van der Waals surface area contributed by atoms with Gasteiger partial charge < -0.3 is 15.0 Å². The molecule has 1 aliphatic rings. The number of piperidine rings is 1. The van der Waals surface area contributed by atoms with Crippen molar-refractivity contribution in [3.63, 3.8) is 0 Å². The van der Waals surface area contributed by atoms with Crippen molar-refractivity contribution in [2.24, 2.45) is 11.8 Å². The van der Waals surface area contributed by atoms with Crippen molar-refractivity contribution >= 4 is 39.6 Å². The third-order valence-electron chi connectivity index (χ3n) is 5.00. The number of thiocarbonyl (C=S) groups is 1. The van der Waals surface area contributed by atoms with Crippen LogP contribution in [-0.4, -0.2) is 35.7 Å². The standard InChI is InChI=1S/C22H28N2O2S2/c1-5-26-21(25)19-18(17-9-7-6-8-10-17)16(4)28-20(19)23-22(27)24-12-14(2)11-15(3)13-24/h6-10,14-15H,5,11-13H2,1-4H3,(H,23,27). The van der Waals surface area contributed by atoms with Crippen LogP contribution in [-0.2, 0) is 4.74 Å². The topological polar surface area (TPSA) is 41.6 Å². The Morgan fingerprint density at radius 2 is 1.89 bits per heavy atom. The minimum atomic E-state index is -0.309. The van der Waals surface area contributed by atoms with Crippen molar-refractivity contribution in [1.29, 1.82) is 0 Å². The first-order chi connectivity index (χ1) is 13.4. The molecule has 6 heteroatoms. The van der Waals surface area contributed by atoms with E-state index in [2.05, 4.69) is 24.1 Å². The summed E-state index contributed by atoms with van der Waals surface area (Å²) in [5, 5.41) is 4.82. The van der Waals surface area contributed by atoms with Gasteiger partial charge in [0.1, 0.15) is 10.6 Å². The molecule has 150 valence electrons. The van der Waals surface area contributed by atoms with Crippen LogP contribution in [0, 0.1) is 18.8 Å². The Morgan fingerprint density at radius 1 is 1.25 bits per heavy atom. The van der Waals surface area contributed by atoms with Gasteiger partial charge in [-0.05, 0) is 49.9 Å². The number of thiophene rings is 1. The first kappa shape index (κ1) is 20.8. The first-order valence-electron chi connectivity index (χ1n) is 9.82. The molecule has 4 nitrogen and oxygen atoms in total. The number of nitrogens with zero attached hydrogens (tertiary/aromatic N) is 1. The van der Waals surface area contributed by atoms with E-state index in [4.69, 9.17) is 17.0 Å². The number of carbonyl (C=O) groups is 1. The summed E-state index contributed by atoms with van der Waals surface area (Å²) in [4.78, 5) is 16.1. The number of rotatable bonds is 4. The highest BCUT2D eigenvalue weighted by Crippen LogP contribution is 2.40. The highest BCUT2D eigenvalue weighted by Gasteiger charge is 2.28. The van der Waals surface area contributed by atoms with Crippen LogP contribution in [0.5, 0.6) is 0 Å². The smallest absolute Gasteiger partial charge is 0.341 e. The number of aryl methyl sites for hydroxylation is 1. The van der Waals surface area contributed by atoms with Crippen LogP contribution in [0.1, 0.15) is 42.4 Å². The van der Waals surface area contributed by atoms with E-state index in [-0.39, 0.29) is 5.97 Å². The molecule has 0 saturated carbocycles. The van der Waals surface area contributed by atoms with E-state index in [1.807, 2.05) is 44.2 Å². The molecule has 1 aromatic heterocycles. The first-order valence-corrected chi connectivity index (χ1v) is 11.0. The van der Waals surface area contributed by atoms with Crippen LogP contribution in [0.25, 0.3) is 11.1 Å². The lowest BCUT2D eigenvalue weighted by Gasteiger charge is -2.36. The molecular formula is C22H28N2O2S2. The Kier molecular flexibility index (Phi) is 6.73. The van der Waals surface area contributed by atoms with Crippen molar-refractivity contribution in [3.05, 3.63) is 40.8 Å². The molecule has 2 unspecified atom stereocenters. The second-order valence-electron chi connectivity index (χ2n) is 7.61. The molecule has 0 spiro atoms. The maximum Gasteiger partial charge on any atom is 0.341 e. The normalized spacial score (nSPS) is 19.4. The van der Waals surface area contributed by atoms with E-state index < -0.39 is 0 Å². The fourth-order valence-corrected chi connectivity index (χ4v) is 5.37. The van der Waals surface area contributed by atoms with Gasteiger partial charge >= 0.3 is 5.97 Å². The van der Waals surface area contributed by atoms with E-state index in [9.17, 15) is 4.79 Å². The Bertz CT molecular complexity index is 838. The van der Waals surface area contributed by atoms with Gasteiger partial charge in [-0.25, -0.2) is 4.79 Å². The minimum Gasteiger partial charge on any atom is -0.462 e. The summed E-state index contributed by atoms with van der Waals surface area (Å²) >= 11 is 7.27. The highest BCUT2D eigenvalue weighted by molar-refractivity contribution is 7.80. The van der Waals surface area contributed by atoms with Gasteiger partial charge in [-0.15, -0.1) is 11.3 Å². The van der Waals surface area contributed by atoms with Gasteiger partial charge in [0.05, 0.1) is 6.61 Å². The molecule has 1 saturated heterocycles. The number of benzene rings is 1. The maximum absolute atomic E-state index is 12.8. The molecule has 0 bridgehead atoms. The Labute approximate surface area is 176 Å². The molecule has 1 fully saturated rings. The third-order valence-corrected chi connectivity index (χ3v) is 6.38. The van der Waals surface area contributed by atoms with E-state index >= 15 is 0 Å². The quantitative estimate of drug-likeness (QED) is 0.521. The number of ether oxygens (including phenoxy) is 1. The van der Waals surface area contributed by atoms with Gasteiger partial charge in [-0.3, -0.25) is 0 Å². The molecule has 0 aliphatic carbocycles. The van der Waals surface area contributed by atoms with Crippen molar-refractivity contribution in [2.75, 3.05) is 25.0 Å². The van der Waals surface area contributed by atoms with Crippen molar-refractivity contribution in [3.8, 4) is 11.1 Å². The average molecular weight is 417 g/mol. The van der Waals surface area contributed by atoms with Crippen LogP contribution in [0.3, 0.4) is 0 Å². The summed E-state index contributed by atoms with van der Waals surface area (Å²) in [5.74, 6) is 0.910. The van der Waals surface area contributed by atoms with Crippen LogP contribution >= 0.6 is 23.6 Å². The third kappa shape index (κ3) is 4.55. The number of carbonyl (C=O) groups excluding carboxylic acids is 1. The molecule has 2 atom stereocenters. The summed E-state index contributed by atoms with van der Waals surface area (Å²) in [5.41, 5.74) is 2.52. The van der Waals surface area contributed by atoms with Crippen molar-refractivity contribution in [2.45, 2.75) is 34.1 Å². The molecule has 1 N–H and O–H groups in total. The second kappa shape index (κ2) is 9.05.